The third kappa shape index (κ3) is 7.35. The van der Waals surface area contributed by atoms with E-state index in [2.05, 4.69) is 5.32 Å². The monoisotopic (exact) mass is 386 g/mol. The fraction of sp³-hybridized carbons (Fsp3) is 0.333. The molecule has 0 bridgehead atoms. The van der Waals surface area contributed by atoms with Crippen molar-refractivity contribution in [2.24, 2.45) is 0 Å². The van der Waals surface area contributed by atoms with Gasteiger partial charge in [-0.25, -0.2) is 0 Å². The highest BCUT2D eigenvalue weighted by atomic mass is 32.2. The Kier molecular flexibility index (Phi) is 8.71. The third-order valence-electron chi connectivity index (χ3n) is 3.96. The fourth-order valence-corrected chi connectivity index (χ4v) is 3.19. The summed E-state index contributed by atoms with van der Waals surface area (Å²) in [6.07, 6.45) is 0. The lowest BCUT2D eigenvalue weighted by atomic mass is 10.2. The Morgan fingerprint density at radius 3 is 2.26 bits per heavy atom. The topological polar surface area (TPSA) is 58.6 Å². The molecular formula is C21H26N2O3S. The molecule has 0 saturated carbocycles. The minimum absolute atomic E-state index is 0.0673. The summed E-state index contributed by atoms with van der Waals surface area (Å²) < 4.78 is 5.73. The first-order valence-corrected chi connectivity index (χ1v) is 10.2. The molecule has 0 aliphatic carbocycles. The molecule has 0 radical (unpaired) electrons. The summed E-state index contributed by atoms with van der Waals surface area (Å²) in [5.74, 6) is 1.26. The van der Waals surface area contributed by atoms with Crippen molar-refractivity contribution in [3.05, 3.63) is 60.2 Å². The number of amides is 2. The number of carbonyl (C=O) groups is 2. The molecule has 2 amide bonds. The molecule has 0 aliphatic heterocycles. The standard InChI is InChI=1S/C21H26N2O3S/c1-3-23(4-2)21(25)16-27-15-20(24)22-18-10-12-19(13-11-18)26-14-17-8-6-5-7-9-17/h5-13H,3-4,14-16H2,1-2H3,(H,22,24). The summed E-state index contributed by atoms with van der Waals surface area (Å²) in [6.45, 7) is 5.79. The maximum Gasteiger partial charge on any atom is 0.234 e. The van der Waals surface area contributed by atoms with Crippen LogP contribution < -0.4 is 10.1 Å². The van der Waals surface area contributed by atoms with Crippen LogP contribution in [0.15, 0.2) is 54.6 Å². The molecule has 1 N–H and O–H groups in total. The Bertz CT molecular complexity index is 716. The molecule has 0 atom stereocenters. The van der Waals surface area contributed by atoms with Crippen molar-refractivity contribution in [1.29, 1.82) is 0 Å². The Morgan fingerprint density at radius 1 is 0.963 bits per heavy atom. The average molecular weight is 387 g/mol. The van der Waals surface area contributed by atoms with Crippen LogP contribution in [-0.2, 0) is 16.2 Å². The number of rotatable bonds is 10. The van der Waals surface area contributed by atoms with Gasteiger partial charge in [0.15, 0.2) is 0 Å². The Labute approximate surface area is 165 Å². The van der Waals surface area contributed by atoms with E-state index in [1.165, 1.54) is 11.8 Å². The first-order chi connectivity index (χ1) is 13.1. The van der Waals surface area contributed by atoms with Crippen LogP contribution in [0.3, 0.4) is 0 Å². The highest BCUT2D eigenvalue weighted by Crippen LogP contribution is 2.17. The van der Waals surface area contributed by atoms with E-state index in [0.717, 1.165) is 11.3 Å². The van der Waals surface area contributed by atoms with Crippen molar-refractivity contribution in [2.75, 3.05) is 29.9 Å². The van der Waals surface area contributed by atoms with Crippen molar-refractivity contribution in [1.82, 2.24) is 4.90 Å². The summed E-state index contributed by atoms with van der Waals surface area (Å²) in [7, 11) is 0. The molecule has 2 aromatic carbocycles. The predicted octanol–water partition coefficient (Wildman–Crippen LogP) is 3.81. The zero-order chi connectivity index (χ0) is 19.5. The molecule has 2 rings (SSSR count). The molecule has 6 heteroatoms. The van der Waals surface area contributed by atoms with Gasteiger partial charge in [0, 0.05) is 18.8 Å². The van der Waals surface area contributed by atoms with E-state index in [0.29, 0.717) is 31.1 Å². The lowest BCUT2D eigenvalue weighted by Gasteiger charge is -2.18. The number of ether oxygens (including phenoxy) is 1. The minimum Gasteiger partial charge on any atom is -0.489 e. The number of thioether (sulfide) groups is 1. The molecule has 27 heavy (non-hydrogen) atoms. The summed E-state index contributed by atoms with van der Waals surface area (Å²) in [5, 5.41) is 2.83. The number of carbonyl (C=O) groups excluding carboxylic acids is 2. The first-order valence-electron chi connectivity index (χ1n) is 9.04. The molecule has 0 spiro atoms. The summed E-state index contributed by atoms with van der Waals surface area (Å²) in [5.41, 5.74) is 1.81. The van der Waals surface area contributed by atoms with Gasteiger partial charge in [0.2, 0.25) is 11.8 Å². The van der Waals surface area contributed by atoms with Crippen LogP contribution in [0.2, 0.25) is 0 Å². The quantitative estimate of drug-likeness (QED) is 0.675. The van der Waals surface area contributed by atoms with Crippen molar-refractivity contribution >= 4 is 29.3 Å². The van der Waals surface area contributed by atoms with E-state index in [9.17, 15) is 9.59 Å². The largest absolute Gasteiger partial charge is 0.489 e. The normalized spacial score (nSPS) is 10.3. The van der Waals surface area contributed by atoms with Crippen molar-refractivity contribution < 1.29 is 14.3 Å². The molecule has 0 saturated heterocycles. The van der Waals surface area contributed by atoms with Crippen molar-refractivity contribution in [2.45, 2.75) is 20.5 Å². The summed E-state index contributed by atoms with van der Waals surface area (Å²) in [6, 6.07) is 17.2. The van der Waals surface area contributed by atoms with E-state index in [-0.39, 0.29) is 17.6 Å². The van der Waals surface area contributed by atoms with Crippen LogP contribution in [-0.4, -0.2) is 41.3 Å². The number of nitrogens with one attached hydrogen (secondary N) is 1. The highest BCUT2D eigenvalue weighted by molar-refractivity contribution is 8.00. The summed E-state index contributed by atoms with van der Waals surface area (Å²) >= 11 is 1.33. The van der Waals surface area contributed by atoms with E-state index in [1.807, 2.05) is 68.4 Å². The average Bonchev–Trinajstić information content (AvgIpc) is 2.69. The summed E-state index contributed by atoms with van der Waals surface area (Å²) in [4.78, 5) is 25.7. The SMILES string of the molecule is CCN(CC)C(=O)CSCC(=O)Nc1ccc(OCc2ccccc2)cc1. The van der Waals surface area contributed by atoms with Gasteiger partial charge in [-0.3, -0.25) is 9.59 Å². The van der Waals surface area contributed by atoms with Gasteiger partial charge in [-0.15, -0.1) is 11.8 Å². The maximum absolute atomic E-state index is 12.0. The van der Waals surface area contributed by atoms with Crippen LogP contribution in [0, 0.1) is 0 Å². The van der Waals surface area contributed by atoms with E-state index >= 15 is 0 Å². The van der Waals surface area contributed by atoms with Crippen LogP contribution >= 0.6 is 11.8 Å². The van der Waals surface area contributed by atoms with Gasteiger partial charge in [0.25, 0.3) is 0 Å². The van der Waals surface area contributed by atoms with Gasteiger partial charge >= 0.3 is 0 Å². The smallest absolute Gasteiger partial charge is 0.234 e. The molecule has 0 aliphatic rings. The molecule has 2 aromatic rings. The number of anilines is 1. The molecule has 5 nitrogen and oxygen atoms in total. The van der Waals surface area contributed by atoms with E-state index < -0.39 is 0 Å². The molecule has 0 heterocycles. The van der Waals surface area contributed by atoms with Gasteiger partial charge in [0.05, 0.1) is 11.5 Å². The molecule has 0 unspecified atom stereocenters. The van der Waals surface area contributed by atoms with Crippen molar-refractivity contribution in [3.63, 3.8) is 0 Å². The van der Waals surface area contributed by atoms with Crippen LogP contribution in [0.1, 0.15) is 19.4 Å². The van der Waals surface area contributed by atoms with Crippen LogP contribution in [0.25, 0.3) is 0 Å². The lowest BCUT2D eigenvalue weighted by Crippen LogP contribution is -2.32. The lowest BCUT2D eigenvalue weighted by molar-refractivity contribution is -0.127. The molecule has 144 valence electrons. The minimum atomic E-state index is -0.120. The van der Waals surface area contributed by atoms with Crippen LogP contribution in [0.5, 0.6) is 5.75 Å². The van der Waals surface area contributed by atoms with Crippen LogP contribution in [0.4, 0.5) is 5.69 Å². The zero-order valence-electron chi connectivity index (χ0n) is 15.8. The second-order valence-electron chi connectivity index (χ2n) is 5.91. The first kappa shape index (κ1) is 20.8. The molecular weight excluding hydrogens is 360 g/mol. The number of hydrogen-bond donors (Lipinski definition) is 1. The Hall–Kier alpha value is -2.47. The van der Waals surface area contributed by atoms with Gasteiger partial charge in [0.1, 0.15) is 12.4 Å². The molecule has 0 aromatic heterocycles. The zero-order valence-corrected chi connectivity index (χ0v) is 16.6. The highest BCUT2D eigenvalue weighted by Gasteiger charge is 2.11. The number of benzene rings is 2. The molecule has 0 fully saturated rings. The third-order valence-corrected chi connectivity index (χ3v) is 4.88. The second-order valence-corrected chi connectivity index (χ2v) is 6.89. The van der Waals surface area contributed by atoms with Gasteiger partial charge in [-0.1, -0.05) is 30.3 Å². The van der Waals surface area contributed by atoms with E-state index in [1.54, 1.807) is 4.90 Å². The predicted molar refractivity (Wildman–Crippen MR) is 111 cm³/mol. The van der Waals surface area contributed by atoms with Gasteiger partial charge in [-0.2, -0.15) is 0 Å². The number of hydrogen-bond acceptors (Lipinski definition) is 4. The van der Waals surface area contributed by atoms with E-state index in [4.69, 9.17) is 4.74 Å². The van der Waals surface area contributed by atoms with Gasteiger partial charge < -0.3 is 15.0 Å². The fourth-order valence-electron chi connectivity index (χ4n) is 2.47. The van der Waals surface area contributed by atoms with Gasteiger partial charge in [-0.05, 0) is 43.7 Å². The Balaban J connectivity index is 1.72. The Morgan fingerprint density at radius 2 is 1.63 bits per heavy atom. The maximum atomic E-state index is 12.0. The number of nitrogens with zero attached hydrogens (tertiary/aromatic N) is 1. The second kappa shape index (κ2) is 11.3. The van der Waals surface area contributed by atoms with Crippen molar-refractivity contribution in [3.8, 4) is 5.75 Å².